The molecule has 1 fully saturated rings. The highest BCUT2D eigenvalue weighted by Crippen LogP contribution is 2.20. The molecule has 2 aromatic rings. The smallest absolute Gasteiger partial charge is 0.226 e. The van der Waals surface area contributed by atoms with Crippen molar-refractivity contribution in [3.63, 3.8) is 0 Å². The summed E-state index contributed by atoms with van der Waals surface area (Å²) >= 11 is 0. The van der Waals surface area contributed by atoms with Crippen molar-refractivity contribution in [1.82, 2.24) is 10.2 Å². The normalized spacial score (nSPS) is 15.3. The standard InChI is InChI=1S/C20H24N2O/c1-22(19-11-13-21-14-12-19)20(23)15-16-7-9-18(10-8-16)17-5-3-2-4-6-17/h2-10,19,21H,11-15H2,1H3. The maximum atomic E-state index is 12.5. The molecule has 0 aliphatic carbocycles. The molecule has 0 saturated carbocycles. The number of piperidine rings is 1. The molecule has 120 valence electrons. The highest BCUT2D eigenvalue weighted by atomic mass is 16.2. The van der Waals surface area contributed by atoms with E-state index in [4.69, 9.17) is 0 Å². The lowest BCUT2D eigenvalue weighted by atomic mass is 10.0. The Morgan fingerprint density at radius 1 is 1.00 bits per heavy atom. The summed E-state index contributed by atoms with van der Waals surface area (Å²) in [7, 11) is 1.94. The first-order chi connectivity index (χ1) is 11.2. The van der Waals surface area contributed by atoms with Gasteiger partial charge < -0.3 is 10.2 Å². The van der Waals surface area contributed by atoms with Crippen LogP contribution in [0.1, 0.15) is 18.4 Å². The summed E-state index contributed by atoms with van der Waals surface area (Å²) in [6.07, 6.45) is 2.58. The maximum absolute atomic E-state index is 12.5. The first kappa shape index (κ1) is 15.8. The fourth-order valence-electron chi connectivity index (χ4n) is 3.14. The predicted molar refractivity (Wildman–Crippen MR) is 94.2 cm³/mol. The monoisotopic (exact) mass is 308 g/mol. The quantitative estimate of drug-likeness (QED) is 0.941. The van der Waals surface area contributed by atoms with Crippen LogP contribution in [-0.4, -0.2) is 37.0 Å². The van der Waals surface area contributed by atoms with Crippen LogP contribution in [0.5, 0.6) is 0 Å². The van der Waals surface area contributed by atoms with Crippen LogP contribution < -0.4 is 5.32 Å². The lowest BCUT2D eigenvalue weighted by Gasteiger charge is -2.31. The lowest BCUT2D eigenvalue weighted by molar-refractivity contribution is -0.131. The molecule has 0 spiro atoms. The van der Waals surface area contributed by atoms with Crippen LogP contribution in [0.3, 0.4) is 0 Å². The molecular formula is C20H24N2O. The van der Waals surface area contributed by atoms with Crippen LogP contribution in [0, 0.1) is 0 Å². The summed E-state index contributed by atoms with van der Waals surface area (Å²) < 4.78 is 0. The van der Waals surface area contributed by atoms with Crippen molar-refractivity contribution in [3.05, 3.63) is 60.2 Å². The summed E-state index contributed by atoms with van der Waals surface area (Å²) in [5, 5.41) is 3.34. The molecule has 0 atom stereocenters. The van der Waals surface area contributed by atoms with Crippen molar-refractivity contribution >= 4 is 5.91 Å². The van der Waals surface area contributed by atoms with Crippen LogP contribution in [0.15, 0.2) is 54.6 Å². The average molecular weight is 308 g/mol. The molecular weight excluding hydrogens is 284 g/mol. The van der Waals surface area contributed by atoms with E-state index in [1.165, 1.54) is 11.1 Å². The van der Waals surface area contributed by atoms with Crippen LogP contribution in [0.25, 0.3) is 11.1 Å². The number of hydrogen-bond acceptors (Lipinski definition) is 2. The van der Waals surface area contributed by atoms with E-state index >= 15 is 0 Å². The number of benzene rings is 2. The van der Waals surface area contributed by atoms with Crippen LogP contribution in [0.4, 0.5) is 0 Å². The molecule has 3 heteroatoms. The first-order valence-corrected chi connectivity index (χ1v) is 8.35. The van der Waals surface area contributed by atoms with Crippen molar-refractivity contribution in [1.29, 1.82) is 0 Å². The van der Waals surface area contributed by atoms with Gasteiger partial charge in [-0.2, -0.15) is 0 Å². The molecule has 1 amide bonds. The molecule has 0 bridgehead atoms. The molecule has 1 aliphatic rings. The molecule has 0 aromatic heterocycles. The number of amides is 1. The number of nitrogens with one attached hydrogen (secondary N) is 1. The zero-order valence-electron chi connectivity index (χ0n) is 13.7. The molecule has 0 radical (unpaired) electrons. The van der Waals surface area contributed by atoms with E-state index in [0.29, 0.717) is 12.5 Å². The van der Waals surface area contributed by atoms with Crippen molar-refractivity contribution in [2.24, 2.45) is 0 Å². The van der Waals surface area contributed by atoms with Gasteiger partial charge in [0.25, 0.3) is 0 Å². The van der Waals surface area contributed by atoms with Gasteiger partial charge in [0, 0.05) is 13.1 Å². The minimum atomic E-state index is 0.212. The number of nitrogens with zero attached hydrogens (tertiary/aromatic N) is 1. The molecule has 3 nitrogen and oxygen atoms in total. The SMILES string of the molecule is CN(C(=O)Cc1ccc(-c2ccccc2)cc1)C1CCNCC1. The van der Waals surface area contributed by atoms with Crippen molar-refractivity contribution in [3.8, 4) is 11.1 Å². The fourth-order valence-corrected chi connectivity index (χ4v) is 3.14. The van der Waals surface area contributed by atoms with Crippen molar-refractivity contribution in [2.45, 2.75) is 25.3 Å². The number of rotatable bonds is 4. The summed E-state index contributed by atoms with van der Waals surface area (Å²) in [5.74, 6) is 0.212. The van der Waals surface area contributed by atoms with Crippen LogP contribution in [0.2, 0.25) is 0 Å². The Hall–Kier alpha value is -2.13. The summed E-state index contributed by atoms with van der Waals surface area (Å²) in [5.41, 5.74) is 3.47. The number of hydrogen-bond donors (Lipinski definition) is 1. The largest absolute Gasteiger partial charge is 0.342 e. The second kappa shape index (κ2) is 7.42. The molecule has 1 aliphatic heterocycles. The van der Waals surface area contributed by atoms with E-state index < -0.39 is 0 Å². The lowest BCUT2D eigenvalue weighted by Crippen LogP contribution is -2.44. The maximum Gasteiger partial charge on any atom is 0.226 e. The minimum Gasteiger partial charge on any atom is -0.342 e. The van der Waals surface area contributed by atoms with Gasteiger partial charge >= 0.3 is 0 Å². The van der Waals surface area contributed by atoms with Crippen LogP contribution >= 0.6 is 0 Å². The Morgan fingerprint density at radius 2 is 1.61 bits per heavy atom. The van der Waals surface area contributed by atoms with Crippen molar-refractivity contribution in [2.75, 3.05) is 20.1 Å². The third kappa shape index (κ3) is 3.99. The molecule has 0 unspecified atom stereocenters. The van der Waals surface area contributed by atoms with Gasteiger partial charge in [0.2, 0.25) is 5.91 Å². The van der Waals surface area contributed by atoms with Gasteiger partial charge in [0.05, 0.1) is 6.42 Å². The second-order valence-electron chi connectivity index (χ2n) is 6.23. The summed E-state index contributed by atoms with van der Waals surface area (Å²) in [6.45, 7) is 2.02. The fraction of sp³-hybridized carbons (Fsp3) is 0.350. The Bertz CT molecular complexity index is 630. The third-order valence-corrected chi connectivity index (χ3v) is 4.67. The molecule has 1 heterocycles. The number of carbonyl (C=O) groups is 1. The molecule has 2 aromatic carbocycles. The Labute approximate surface area is 138 Å². The zero-order valence-corrected chi connectivity index (χ0v) is 13.7. The van der Waals surface area contributed by atoms with Gasteiger partial charge in [-0.05, 0) is 42.6 Å². The van der Waals surface area contributed by atoms with E-state index in [0.717, 1.165) is 31.5 Å². The highest BCUT2D eigenvalue weighted by Gasteiger charge is 2.21. The predicted octanol–water partition coefficient (Wildman–Crippen LogP) is 3.11. The van der Waals surface area contributed by atoms with Gasteiger partial charge in [-0.3, -0.25) is 4.79 Å². The van der Waals surface area contributed by atoms with Gasteiger partial charge in [-0.25, -0.2) is 0 Å². The van der Waals surface area contributed by atoms with Gasteiger partial charge in [-0.1, -0.05) is 54.6 Å². The zero-order chi connectivity index (χ0) is 16.1. The van der Waals surface area contributed by atoms with Gasteiger partial charge in [-0.15, -0.1) is 0 Å². The average Bonchev–Trinajstić information content (AvgIpc) is 2.63. The van der Waals surface area contributed by atoms with E-state index in [1.807, 2.05) is 30.1 Å². The molecule has 1 N–H and O–H groups in total. The highest BCUT2D eigenvalue weighted by molar-refractivity contribution is 5.79. The van der Waals surface area contributed by atoms with Gasteiger partial charge in [0.15, 0.2) is 0 Å². The summed E-state index contributed by atoms with van der Waals surface area (Å²) in [6, 6.07) is 19.0. The second-order valence-corrected chi connectivity index (χ2v) is 6.23. The first-order valence-electron chi connectivity index (χ1n) is 8.35. The van der Waals surface area contributed by atoms with Crippen molar-refractivity contribution < 1.29 is 4.79 Å². The molecule has 3 rings (SSSR count). The number of likely N-dealkylation sites (N-methyl/N-ethyl adjacent to an activating group) is 1. The number of carbonyl (C=O) groups excluding carboxylic acids is 1. The van der Waals surface area contributed by atoms with Crippen LogP contribution in [-0.2, 0) is 11.2 Å². The molecule has 1 saturated heterocycles. The third-order valence-electron chi connectivity index (χ3n) is 4.67. The van der Waals surface area contributed by atoms with E-state index in [1.54, 1.807) is 0 Å². The molecule has 23 heavy (non-hydrogen) atoms. The summed E-state index contributed by atoms with van der Waals surface area (Å²) in [4.78, 5) is 14.4. The van der Waals surface area contributed by atoms with E-state index in [2.05, 4.69) is 41.7 Å². The van der Waals surface area contributed by atoms with E-state index in [-0.39, 0.29) is 5.91 Å². The Morgan fingerprint density at radius 3 is 2.26 bits per heavy atom. The topological polar surface area (TPSA) is 32.3 Å². The van der Waals surface area contributed by atoms with Gasteiger partial charge in [0.1, 0.15) is 0 Å². The Balaban J connectivity index is 1.62. The minimum absolute atomic E-state index is 0.212. The van der Waals surface area contributed by atoms with E-state index in [9.17, 15) is 4.79 Å². The Kier molecular flexibility index (Phi) is 5.09.